The number of carbonyl (C=O) groups is 5. The number of ether oxygens (including phenoxy) is 6. The largest absolute Gasteiger partial charge is 0.508 e. The van der Waals surface area contributed by atoms with Gasteiger partial charge in [-0.1, -0.05) is 20.8 Å². The molecule has 11 nitrogen and oxygen atoms in total. The van der Waals surface area contributed by atoms with Crippen molar-refractivity contribution in [1.82, 2.24) is 0 Å². The van der Waals surface area contributed by atoms with E-state index in [4.69, 9.17) is 14.2 Å². The predicted molar refractivity (Wildman–Crippen MR) is 179 cm³/mol. The Labute approximate surface area is 300 Å². The van der Waals surface area contributed by atoms with Crippen molar-refractivity contribution in [2.45, 2.75) is 151 Å². The quantitative estimate of drug-likeness (QED) is 0.143. The molecule has 51 heavy (non-hydrogen) atoms. The molecule has 1 saturated heterocycles. The van der Waals surface area contributed by atoms with Gasteiger partial charge in [0, 0.05) is 0 Å². The molecule has 1 aliphatic heterocycles. The molecule has 0 aromatic heterocycles. The van der Waals surface area contributed by atoms with Crippen LogP contribution in [0.4, 0.5) is 18.0 Å². The summed E-state index contributed by atoms with van der Waals surface area (Å²) in [4.78, 5) is 57.1. The first-order chi connectivity index (χ1) is 23.4. The molecule has 0 aromatic rings. The number of hydrogen-bond acceptors (Lipinski definition) is 11. The van der Waals surface area contributed by atoms with Crippen molar-refractivity contribution in [2.24, 2.45) is 34.0 Å². The predicted octanol–water partition coefficient (Wildman–Crippen LogP) is 7.90. The molecule has 1 heterocycles. The zero-order valence-corrected chi connectivity index (χ0v) is 32.0. The van der Waals surface area contributed by atoms with Gasteiger partial charge in [-0.25, -0.2) is 9.59 Å². The van der Waals surface area contributed by atoms with Crippen molar-refractivity contribution in [3.63, 3.8) is 0 Å². The molecule has 4 saturated carbocycles. The highest BCUT2D eigenvalue weighted by atomic mass is 19.4. The number of esters is 4. The lowest BCUT2D eigenvalue weighted by molar-refractivity contribution is -0.221. The van der Waals surface area contributed by atoms with Crippen molar-refractivity contribution in [3.8, 4) is 0 Å². The van der Waals surface area contributed by atoms with Gasteiger partial charge in [-0.15, -0.1) is 0 Å². The van der Waals surface area contributed by atoms with Crippen molar-refractivity contribution in [3.05, 3.63) is 0 Å². The molecule has 4 aliphatic carbocycles. The molecule has 0 amide bonds. The summed E-state index contributed by atoms with van der Waals surface area (Å²) in [6, 6.07) is 0. The standard InChI is InChI=1S/C16H26O2.C12H18O7.C9H15F3O2/c1-4-15(2,3)14(17)18-16-8-11-5-12(9-16)7-13(6-11)10-16;1-4-12(2,3)10(14)17-7-9(13)16-5-8-6-18-11(15)19-8;1-5-8(3,4)7(13)14-6(2)9(10,11)12/h11-13H,4-10H2,1-3H3;8H,4-7H2,1-3H3;6H,5H2,1-4H3. The zero-order chi connectivity index (χ0) is 39.0. The van der Waals surface area contributed by atoms with E-state index in [-0.39, 0.29) is 30.2 Å². The number of alkyl halides is 3. The third-order valence-corrected chi connectivity index (χ3v) is 10.7. The van der Waals surface area contributed by atoms with Gasteiger partial charge in [-0.2, -0.15) is 13.2 Å². The van der Waals surface area contributed by atoms with Gasteiger partial charge in [0.25, 0.3) is 0 Å². The third kappa shape index (κ3) is 13.1. The van der Waals surface area contributed by atoms with Crippen molar-refractivity contribution in [2.75, 3.05) is 19.8 Å². The molecule has 294 valence electrons. The Hall–Kier alpha value is -3.06. The molecule has 5 aliphatic rings. The molecule has 0 radical (unpaired) electrons. The SMILES string of the molecule is CCC(C)(C)C(=O)OC(C)C(F)(F)F.CCC(C)(C)C(=O)OC12CC3CC(CC(C3)C1)C2.CCC(C)(C)C(=O)OCC(=O)OCC1COC(=O)O1. The Kier molecular flexibility index (Phi) is 15.3. The summed E-state index contributed by atoms with van der Waals surface area (Å²) in [5.74, 6) is 0.596. The second kappa shape index (κ2) is 17.6. The maximum atomic E-state index is 12.4. The average Bonchev–Trinajstić information content (AvgIpc) is 3.46. The van der Waals surface area contributed by atoms with E-state index in [0.29, 0.717) is 12.8 Å². The Morgan fingerprint density at radius 3 is 1.63 bits per heavy atom. The number of rotatable bonds is 12. The summed E-state index contributed by atoms with van der Waals surface area (Å²) in [7, 11) is 0. The van der Waals surface area contributed by atoms with E-state index >= 15 is 0 Å². The molecule has 5 rings (SSSR count). The molecule has 0 N–H and O–H groups in total. The molecule has 14 heteroatoms. The van der Waals surface area contributed by atoms with Crippen LogP contribution in [0, 0.1) is 34.0 Å². The molecule has 2 atom stereocenters. The average molecular weight is 737 g/mol. The Morgan fingerprint density at radius 1 is 0.765 bits per heavy atom. The van der Waals surface area contributed by atoms with Gasteiger partial charge in [-0.05, 0) is 124 Å². The molecule has 5 fully saturated rings. The van der Waals surface area contributed by atoms with E-state index in [1.807, 2.05) is 20.8 Å². The fraction of sp³-hybridized carbons (Fsp3) is 0.865. The smallest absolute Gasteiger partial charge is 0.459 e. The minimum atomic E-state index is -4.49. The van der Waals surface area contributed by atoms with Crippen LogP contribution in [0.3, 0.4) is 0 Å². The maximum absolute atomic E-state index is 12.4. The molecule has 2 unspecified atom stereocenters. The lowest BCUT2D eigenvalue weighted by Gasteiger charge is -2.56. The van der Waals surface area contributed by atoms with Gasteiger partial charge >= 0.3 is 36.2 Å². The van der Waals surface area contributed by atoms with E-state index in [1.165, 1.54) is 19.3 Å². The first kappa shape index (κ1) is 44.1. The van der Waals surface area contributed by atoms with Gasteiger partial charge in [0.05, 0.1) is 16.2 Å². The van der Waals surface area contributed by atoms with Gasteiger partial charge in [0.2, 0.25) is 0 Å². The first-order valence-corrected chi connectivity index (χ1v) is 18.1. The van der Waals surface area contributed by atoms with Gasteiger partial charge < -0.3 is 28.4 Å². The lowest BCUT2D eigenvalue weighted by atomic mass is 9.54. The molecule has 0 aromatic carbocycles. The summed E-state index contributed by atoms with van der Waals surface area (Å²) >= 11 is 0. The molecule has 4 bridgehead atoms. The summed E-state index contributed by atoms with van der Waals surface area (Å²) in [5.41, 5.74) is -1.88. The van der Waals surface area contributed by atoms with Crippen molar-refractivity contribution in [1.29, 1.82) is 0 Å². The van der Waals surface area contributed by atoms with Crippen LogP contribution in [0.25, 0.3) is 0 Å². The van der Waals surface area contributed by atoms with E-state index in [0.717, 1.165) is 50.4 Å². The van der Waals surface area contributed by atoms with E-state index in [9.17, 15) is 37.1 Å². The summed E-state index contributed by atoms with van der Waals surface area (Å²) in [5, 5.41) is 0. The van der Waals surface area contributed by atoms with E-state index < -0.39 is 59.9 Å². The molecular weight excluding hydrogens is 677 g/mol. The van der Waals surface area contributed by atoms with Crippen LogP contribution in [0.1, 0.15) is 127 Å². The Bertz CT molecular complexity index is 1190. The van der Waals surface area contributed by atoms with Crippen LogP contribution in [0.15, 0.2) is 0 Å². The second-order valence-corrected chi connectivity index (χ2v) is 16.4. The maximum Gasteiger partial charge on any atom is 0.508 e. The third-order valence-electron chi connectivity index (χ3n) is 10.7. The van der Waals surface area contributed by atoms with Crippen LogP contribution in [0.2, 0.25) is 0 Å². The normalized spacial score (nSPS) is 25.9. The van der Waals surface area contributed by atoms with E-state index in [2.05, 4.69) is 21.1 Å². The highest BCUT2D eigenvalue weighted by Crippen LogP contribution is 2.57. The van der Waals surface area contributed by atoms with Crippen molar-refractivity contribution >= 4 is 30.0 Å². The minimum Gasteiger partial charge on any atom is -0.459 e. The van der Waals surface area contributed by atoms with Crippen LogP contribution < -0.4 is 0 Å². The minimum absolute atomic E-state index is 0.0342. The lowest BCUT2D eigenvalue weighted by Crippen LogP contribution is -2.53. The van der Waals surface area contributed by atoms with Crippen molar-refractivity contribution < 1.29 is 65.6 Å². The van der Waals surface area contributed by atoms with Gasteiger partial charge in [0.1, 0.15) is 18.8 Å². The summed E-state index contributed by atoms with van der Waals surface area (Å²) in [6.45, 7) is 16.5. The monoisotopic (exact) mass is 736 g/mol. The number of hydrogen-bond donors (Lipinski definition) is 0. The van der Waals surface area contributed by atoms with Crippen LogP contribution in [0.5, 0.6) is 0 Å². The van der Waals surface area contributed by atoms with Gasteiger partial charge in [-0.3, -0.25) is 14.4 Å². The zero-order valence-electron chi connectivity index (χ0n) is 32.0. The van der Waals surface area contributed by atoms with E-state index in [1.54, 1.807) is 34.6 Å². The highest BCUT2D eigenvalue weighted by molar-refractivity contribution is 5.80. The Morgan fingerprint density at radius 2 is 1.22 bits per heavy atom. The molecular formula is C37H59F3O11. The number of carbonyl (C=O) groups excluding carboxylic acids is 5. The van der Waals surface area contributed by atoms with Crippen LogP contribution in [-0.2, 0) is 47.6 Å². The van der Waals surface area contributed by atoms with Gasteiger partial charge in [0.15, 0.2) is 18.8 Å². The topological polar surface area (TPSA) is 141 Å². The fourth-order valence-corrected chi connectivity index (χ4v) is 6.31. The first-order valence-electron chi connectivity index (χ1n) is 18.1. The Balaban J connectivity index is 0.000000269. The second-order valence-electron chi connectivity index (χ2n) is 16.4. The number of cyclic esters (lactones) is 2. The van der Waals surface area contributed by atoms with Crippen LogP contribution >= 0.6 is 0 Å². The fourth-order valence-electron chi connectivity index (χ4n) is 6.31. The number of halogens is 3. The summed E-state index contributed by atoms with van der Waals surface area (Å²) < 4.78 is 65.3. The molecule has 0 spiro atoms. The summed E-state index contributed by atoms with van der Waals surface area (Å²) in [6.07, 6.45) is 1.62. The van der Waals surface area contributed by atoms with Crippen LogP contribution in [-0.4, -0.2) is 73.8 Å². The highest BCUT2D eigenvalue weighted by Gasteiger charge is 2.54.